The third-order valence-corrected chi connectivity index (χ3v) is 4.46. The number of piperidine rings is 1. The first-order valence-corrected chi connectivity index (χ1v) is 8.34. The molecule has 1 aliphatic heterocycles. The zero-order valence-electron chi connectivity index (χ0n) is 13.9. The maximum atomic E-state index is 14.0. The van der Waals surface area contributed by atoms with Crippen LogP contribution in [0.5, 0.6) is 5.75 Å². The van der Waals surface area contributed by atoms with Gasteiger partial charge in [0.1, 0.15) is 23.4 Å². The van der Waals surface area contributed by atoms with Crippen molar-refractivity contribution in [2.75, 3.05) is 25.5 Å². The van der Waals surface area contributed by atoms with Gasteiger partial charge in [0.2, 0.25) is 0 Å². The SMILES string of the molecule is COc1ccn2c(-c3cccc(N[C@H]4CNCC[C@@H]4F)n3)cnc2c1. The van der Waals surface area contributed by atoms with Crippen molar-refractivity contribution >= 4 is 11.5 Å². The number of nitrogens with zero attached hydrogens (tertiary/aromatic N) is 3. The van der Waals surface area contributed by atoms with Crippen LogP contribution in [0.2, 0.25) is 0 Å². The number of hydrogen-bond donors (Lipinski definition) is 2. The molecule has 0 spiro atoms. The molecule has 3 aromatic heterocycles. The summed E-state index contributed by atoms with van der Waals surface area (Å²) >= 11 is 0. The maximum absolute atomic E-state index is 14.0. The Bertz CT molecular complexity index is 881. The molecule has 0 aliphatic carbocycles. The van der Waals surface area contributed by atoms with Crippen molar-refractivity contribution in [3.8, 4) is 17.1 Å². The van der Waals surface area contributed by atoms with Crippen LogP contribution < -0.4 is 15.4 Å². The van der Waals surface area contributed by atoms with Gasteiger partial charge in [-0.15, -0.1) is 0 Å². The van der Waals surface area contributed by atoms with Crippen molar-refractivity contribution in [2.24, 2.45) is 0 Å². The molecule has 0 radical (unpaired) electrons. The van der Waals surface area contributed by atoms with Gasteiger partial charge in [0.25, 0.3) is 0 Å². The maximum Gasteiger partial charge on any atom is 0.140 e. The Hall–Kier alpha value is -2.67. The minimum Gasteiger partial charge on any atom is -0.497 e. The summed E-state index contributed by atoms with van der Waals surface area (Å²) in [5, 5.41) is 6.41. The number of hydrogen-bond acceptors (Lipinski definition) is 5. The summed E-state index contributed by atoms with van der Waals surface area (Å²) in [5.74, 6) is 1.42. The van der Waals surface area contributed by atoms with Crippen LogP contribution in [0.25, 0.3) is 17.0 Å². The summed E-state index contributed by atoms with van der Waals surface area (Å²) in [5.41, 5.74) is 2.44. The number of nitrogens with one attached hydrogen (secondary N) is 2. The lowest BCUT2D eigenvalue weighted by atomic mass is 10.1. The average molecular weight is 341 g/mol. The first-order chi connectivity index (χ1) is 12.2. The molecular weight excluding hydrogens is 321 g/mol. The molecule has 0 unspecified atom stereocenters. The molecule has 7 heteroatoms. The number of halogens is 1. The van der Waals surface area contributed by atoms with Crippen molar-refractivity contribution in [1.29, 1.82) is 0 Å². The zero-order valence-corrected chi connectivity index (χ0v) is 13.9. The van der Waals surface area contributed by atoms with E-state index in [-0.39, 0.29) is 6.04 Å². The van der Waals surface area contributed by atoms with Gasteiger partial charge in [0.15, 0.2) is 0 Å². The van der Waals surface area contributed by atoms with Gasteiger partial charge in [-0.1, -0.05) is 6.07 Å². The topological polar surface area (TPSA) is 63.5 Å². The Morgan fingerprint density at radius 3 is 3.12 bits per heavy atom. The van der Waals surface area contributed by atoms with E-state index in [9.17, 15) is 4.39 Å². The van der Waals surface area contributed by atoms with E-state index in [1.54, 1.807) is 13.3 Å². The van der Waals surface area contributed by atoms with Crippen LogP contribution in [0.4, 0.5) is 10.2 Å². The van der Waals surface area contributed by atoms with Gasteiger partial charge < -0.3 is 15.4 Å². The standard InChI is InChI=1S/C18H20FN5O/c1-25-12-6-8-24-16(11-21-18(24)9-12)14-3-2-4-17(22-14)23-15-10-20-7-5-13(15)19/h2-4,6,8-9,11,13,15,20H,5,7,10H2,1H3,(H,22,23)/t13-,15-/m0/s1. The number of fused-ring (bicyclic) bond motifs is 1. The molecule has 1 aliphatic rings. The Kier molecular flexibility index (Phi) is 4.23. The van der Waals surface area contributed by atoms with Crippen LogP contribution in [0.15, 0.2) is 42.7 Å². The zero-order chi connectivity index (χ0) is 17.2. The number of rotatable bonds is 4. The van der Waals surface area contributed by atoms with Crippen LogP contribution >= 0.6 is 0 Å². The van der Waals surface area contributed by atoms with Gasteiger partial charge in [0.05, 0.1) is 30.7 Å². The van der Waals surface area contributed by atoms with Crippen LogP contribution in [0.3, 0.4) is 0 Å². The Morgan fingerprint density at radius 2 is 2.28 bits per heavy atom. The van der Waals surface area contributed by atoms with E-state index >= 15 is 0 Å². The van der Waals surface area contributed by atoms with Gasteiger partial charge in [0, 0.05) is 18.8 Å². The number of alkyl halides is 1. The first kappa shape index (κ1) is 15.8. The lowest BCUT2D eigenvalue weighted by Crippen LogP contribution is -2.46. The van der Waals surface area contributed by atoms with Crippen molar-refractivity contribution in [1.82, 2.24) is 19.7 Å². The molecule has 0 bridgehead atoms. The second-order valence-corrected chi connectivity index (χ2v) is 6.11. The highest BCUT2D eigenvalue weighted by Crippen LogP contribution is 2.23. The van der Waals surface area contributed by atoms with E-state index in [4.69, 9.17) is 4.74 Å². The normalized spacial score (nSPS) is 20.6. The van der Waals surface area contributed by atoms with Crippen LogP contribution in [0.1, 0.15) is 6.42 Å². The van der Waals surface area contributed by atoms with Gasteiger partial charge in [-0.25, -0.2) is 14.4 Å². The van der Waals surface area contributed by atoms with Gasteiger partial charge in [-0.2, -0.15) is 0 Å². The highest BCUT2D eigenvalue weighted by atomic mass is 19.1. The highest BCUT2D eigenvalue weighted by molar-refractivity contribution is 5.62. The summed E-state index contributed by atoms with van der Waals surface area (Å²) in [4.78, 5) is 9.05. The van der Waals surface area contributed by atoms with Crippen molar-refractivity contribution in [3.05, 3.63) is 42.7 Å². The first-order valence-electron chi connectivity index (χ1n) is 8.34. The fourth-order valence-electron chi connectivity index (χ4n) is 3.09. The third kappa shape index (κ3) is 3.15. The minimum absolute atomic E-state index is 0.261. The fourth-order valence-corrected chi connectivity index (χ4v) is 3.09. The van der Waals surface area contributed by atoms with E-state index in [1.165, 1.54) is 0 Å². The van der Waals surface area contributed by atoms with Crippen LogP contribution in [-0.2, 0) is 0 Å². The molecule has 1 saturated heterocycles. The van der Waals surface area contributed by atoms with Crippen LogP contribution in [-0.4, -0.2) is 46.8 Å². The molecule has 0 saturated carbocycles. The lowest BCUT2D eigenvalue weighted by molar-refractivity contribution is 0.241. The average Bonchev–Trinajstić information content (AvgIpc) is 3.07. The summed E-state index contributed by atoms with van der Waals surface area (Å²) in [7, 11) is 1.63. The minimum atomic E-state index is -0.866. The Morgan fingerprint density at radius 1 is 1.36 bits per heavy atom. The third-order valence-electron chi connectivity index (χ3n) is 4.46. The van der Waals surface area contributed by atoms with Gasteiger partial charge in [-0.3, -0.25) is 4.40 Å². The molecule has 1 fully saturated rings. The van der Waals surface area contributed by atoms with Gasteiger partial charge in [-0.05, 0) is 31.2 Å². The highest BCUT2D eigenvalue weighted by Gasteiger charge is 2.24. The number of aromatic nitrogens is 3. The van der Waals surface area contributed by atoms with Crippen LogP contribution in [0, 0.1) is 0 Å². The quantitative estimate of drug-likeness (QED) is 0.763. The van der Waals surface area contributed by atoms with Crippen molar-refractivity contribution in [3.63, 3.8) is 0 Å². The Labute approximate surface area is 145 Å². The molecule has 2 atom stereocenters. The largest absolute Gasteiger partial charge is 0.497 e. The second-order valence-electron chi connectivity index (χ2n) is 6.11. The molecule has 2 N–H and O–H groups in total. The number of anilines is 1. The summed E-state index contributed by atoms with van der Waals surface area (Å²) in [6.45, 7) is 1.32. The number of imidazole rings is 1. The smallest absolute Gasteiger partial charge is 0.140 e. The number of ether oxygens (including phenoxy) is 1. The van der Waals surface area contributed by atoms with Crippen molar-refractivity contribution < 1.29 is 9.13 Å². The fraction of sp³-hybridized carbons (Fsp3) is 0.333. The van der Waals surface area contributed by atoms with Gasteiger partial charge >= 0.3 is 0 Å². The molecule has 4 rings (SSSR count). The molecule has 0 amide bonds. The van der Waals surface area contributed by atoms with E-state index in [0.717, 1.165) is 29.3 Å². The second kappa shape index (κ2) is 6.68. The molecule has 6 nitrogen and oxygen atoms in total. The van der Waals surface area contributed by atoms with Crippen molar-refractivity contribution in [2.45, 2.75) is 18.6 Å². The molecular formula is C18H20FN5O. The molecule has 130 valence electrons. The summed E-state index contributed by atoms with van der Waals surface area (Å²) in [6.07, 6.45) is 3.34. The molecule has 3 aromatic rings. The monoisotopic (exact) mass is 341 g/mol. The number of methoxy groups -OCH3 is 1. The molecule has 25 heavy (non-hydrogen) atoms. The lowest BCUT2D eigenvalue weighted by Gasteiger charge is -2.28. The number of pyridine rings is 2. The molecule has 0 aromatic carbocycles. The summed E-state index contributed by atoms with van der Waals surface area (Å²) < 4.78 is 21.2. The summed E-state index contributed by atoms with van der Waals surface area (Å²) in [6, 6.07) is 9.18. The van der Waals surface area contributed by atoms with E-state index in [1.807, 2.05) is 40.9 Å². The Balaban J connectivity index is 1.63. The van der Waals surface area contributed by atoms with E-state index in [2.05, 4.69) is 20.6 Å². The van der Waals surface area contributed by atoms with E-state index in [0.29, 0.717) is 18.8 Å². The molecule has 4 heterocycles. The predicted molar refractivity (Wildman–Crippen MR) is 94.8 cm³/mol. The van der Waals surface area contributed by atoms with E-state index < -0.39 is 6.17 Å². The predicted octanol–water partition coefficient (Wildman–Crippen LogP) is 2.52.